The minimum atomic E-state index is -0.534. The van der Waals surface area contributed by atoms with Crippen LogP contribution in [-0.4, -0.2) is 34.8 Å². The molecule has 35 heavy (non-hydrogen) atoms. The van der Waals surface area contributed by atoms with Crippen LogP contribution in [0.15, 0.2) is 66.9 Å². The van der Waals surface area contributed by atoms with Gasteiger partial charge < -0.3 is 20.1 Å². The van der Waals surface area contributed by atoms with Crippen molar-refractivity contribution in [1.82, 2.24) is 10.3 Å². The summed E-state index contributed by atoms with van der Waals surface area (Å²) in [5.74, 6) is 2.17. The summed E-state index contributed by atoms with van der Waals surface area (Å²) in [6, 6.07) is 17.5. The Bertz CT molecular complexity index is 1380. The molecule has 0 fully saturated rings. The highest BCUT2D eigenvalue weighted by atomic mass is 19.1. The van der Waals surface area contributed by atoms with Crippen LogP contribution in [0.2, 0.25) is 0 Å². The fourth-order valence-corrected chi connectivity index (χ4v) is 3.88. The molecule has 1 amide bonds. The lowest BCUT2D eigenvalue weighted by atomic mass is 10.0. The number of aromatic amines is 1. The second kappa shape index (κ2) is 10.5. The Balaban J connectivity index is 0.000000411. The second-order valence-corrected chi connectivity index (χ2v) is 8.63. The van der Waals surface area contributed by atoms with E-state index in [1.54, 1.807) is 30.5 Å². The number of terminal acetylenes is 1. The normalized spacial score (nSPS) is 11.9. The number of rotatable bonds is 7. The first-order chi connectivity index (χ1) is 16.9. The topological polar surface area (TPSA) is 74.4 Å². The largest absolute Gasteiger partial charge is 0.489 e. The van der Waals surface area contributed by atoms with E-state index >= 15 is 0 Å². The summed E-state index contributed by atoms with van der Waals surface area (Å²) < 4.78 is 19.2. The lowest BCUT2D eigenvalue weighted by molar-refractivity contribution is 0.0910. The first-order valence-corrected chi connectivity index (χ1v) is 11.4. The van der Waals surface area contributed by atoms with E-state index in [2.05, 4.69) is 40.5 Å². The van der Waals surface area contributed by atoms with Crippen molar-refractivity contribution in [3.8, 4) is 29.2 Å². The van der Waals surface area contributed by atoms with Gasteiger partial charge in [-0.2, -0.15) is 0 Å². The summed E-state index contributed by atoms with van der Waals surface area (Å²) in [5, 5.41) is 13.5. The van der Waals surface area contributed by atoms with Crippen molar-refractivity contribution in [2.45, 2.75) is 32.4 Å². The molecule has 2 aromatic carbocycles. The average Bonchev–Trinajstić information content (AvgIpc) is 3.24. The van der Waals surface area contributed by atoms with Gasteiger partial charge in [0, 0.05) is 17.1 Å². The Hall–Kier alpha value is -4.08. The number of ether oxygens (including phenoxy) is 1. The molecule has 1 atom stereocenters. The summed E-state index contributed by atoms with van der Waals surface area (Å²) in [5.41, 5.74) is 5.19. The van der Waals surface area contributed by atoms with E-state index in [0.717, 1.165) is 10.9 Å². The number of carbonyl (C=O) groups is 1. The Morgan fingerprint density at radius 1 is 1.14 bits per heavy atom. The van der Waals surface area contributed by atoms with Crippen molar-refractivity contribution in [1.29, 1.82) is 0 Å². The third-order valence-electron chi connectivity index (χ3n) is 5.63. The number of halogens is 1. The zero-order chi connectivity index (χ0) is 24.9. The van der Waals surface area contributed by atoms with E-state index in [-0.39, 0.29) is 24.4 Å². The van der Waals surface area contributed by atoms with E-state index in [1.165, 1.54) is 23.3 Å². The first kappa shape index (κ1) is 24.1. The number of benzene rings is 3. The Morgan fingerprint density at radius 3 is 2.49 bits per heavy atom. The Morgan fingerprint density at radius 2 is 1.89 bits per heavy atom. The molecule has 3 N–H and O–H groups in total. The Kier molecular flexibility index (Phi) is 7.19. The maximum Gasteiger partial charge on any atom is 0.255 e. The van der Waals surface area contributed by atoms with E-state index in [9.17, 15) is 14.3 Å². The third kappa shape index (κ3) is 5.71. The molecule has 0 saturated heterocycles. The molecule has 0 bridgehead atoms. The SMILES string of the molecule is C#Cc1cccc(C(=O)NC(CO)Cc2c[nH]c3cc(F)ccc23)c1OC(C)C.c1cc2cc-2c1. The summed E-state index contributed by atoms with van der Waals surface area (Å²) in [6.45, 7) is 3.45. The number of amides is 1. The molecule has 1 unspecified atom stereocenters. The van der Waals surface area contributed by atoms with E-state index in [1.807, 2.05) is 13.8 Å². The van der Waals surface area contributed by atoms with Crippen molar-refractivity contribution in [2.24, 2.45) is 0 Å². The minimum Gasteiger partial charge on any atom is -0.489 e. The van der Waals surface area contributed by atoms with Crippen molar-refractivity contribution in [2.75, 3.05) is 6.61 Å². The molecule has 0 aliphatic heterocycles. The molecule has 5 nitrogen and oxygen atoms in total. The van der Waals surface area contributed by atoms with Gasteiger partial charge in [0.25, 0.3) is 5.91 Å². The number of para-hydroxylation sites is 1. The van der Waals surface area contributed by atoms with Gasteiger partial charge in [-0.3, -0.25) is 4.79 Å². The zero-order valence-electron chi connectivity index (χ0n) is 19.6. The number of nitrogens with one attached hydrogen (secondary N) is 2. The maximum absolute atomic E-state index is 13.4. The summed E-state index contributed by atoms with van der Waals surface area (Å²) in [4.78, 5) is 15.9. The van der Waals surface area contributed by atoms with Gasteiger partial charge in [0.05, 0.1) is 29.9 Å². The van der Waals surface area contributed by atoms with Crippen LogP contribution < -0.4 is 10.1 Å². The van der Waals surface area contributed by atoms with Gasteiger partial charge in [0.15, 0.2) is 0 Å². The standard InChI is InChI=1S/C23H23FN2O3.C6H4/c1-4-15-6-5-7-20(22(15)29-14(2)3)23(28)26-18(13-27)10-16-12-25-21-11-17(24)8-9-19(16)21;1-2-5-4-6(5)3-1/h1,5-9,11-12,14,18,25,27H,10,13H2,2-3H3,(H,26,28);1-4H. The van der Waals surface area contributed by atoms with Crippen LogP contribution in [-0.2, 0) is 6.42 Å². The zero-order valence-corrected chi connectivity index (χ0v) is 19.6. The Labute approximate surface area is 204 Å². The molecule has 2 aliphatic carbocycles. The van der Waals surface area contributed by atoms with Crippen LogP contribution in [0.3, 0.4) is 0 Å². The van der Waals surface area contributed by atoms with Crippen LogP contribution in [0.1, 0.15) is 35.3 Å². The molecule has 1 heterocycles. The molecule has 0 radical (unpaired) electrons. The molecule has 5 rings (SSSR count). The number of carbonyl (C=O) groups excluding carboxylic acids is 1. The fourth-order valence-electron chi connectivity index (χ4n) is 3.88. The highest BCUT2D eigenvalue weighted by molar-refractivity contribution is 5.98. The average molecular weight is 471 g/mol. The third-order valence-corrected chi connectivity index (χ3v) is 5.63. The highest BCUT2D eigenvalue weighted by Gasteiger charge is 2.21. The van der Waals surface area contributed by atoms with E-state index < -0.39 is 6.04 Å². The van der Waals surface area contributed by atoms with Gasteiger partial charge in [-0.25, -0.2) is 4.39 Å². The van der Waals surface area contributed by atoms with Gasteiger partial charge in [-0.05, 0) is 73.4 Å². The molecule has 1 aromatic heterocycles. The molecule has 2 aliphatic rings. The van der Waals surface area contributed by atoms with E-state index in [4.69, 9.17) is 11.2 Å². The van der Waals surface area contributed by atoms with Crippen molar-refractivity contribution in [3.05, 3.63) is 89.4 Å². The van der Waals surface area contributed by atoms with Gasteiger partial charge >= 0.3 is 0 Å². The number of hydrogen-bond acceptors (Lipinski definition) is 3. The molecular formula is C29H27FN2O3. The van der Waals surface area contributed by atoms with Gasteiger partial charge in [-0.1, -0.05) is 30.2 Å². The summed E-state index contributed by atoms with van der Waals surface area (Å²) in [6.07, 6.45) is 7.52. The molecule has 0 saturated carbocycles. The molecular weight excluding hydrogens is 443 g/mol. The molecule has 6 heteroatoms. The first-order valence-electron chi connectivity index (χ1n) is 11.4. The number of hydrogen-bond donors (Lipinski definition) is 3. The monoisotopic (exact) mass is 470 g/mol. The minimum absolute atomic E-state index is 0.156. The molecule has 3 aromatic rings. The van der Waals surface area contributed by atoms with Gasteiger partial charge in [0.2, 0.25) is 0 Å². The van der Waals surface area contributed by atoms with Crippen molar-refractivity contribution in [3.63, 3.8) is 0 Å². The number of aliphatic hydroxyl groups excluding tert-OH is 1. The summed E-state index contributed by atoms with van der Waals surface area (Å²) >= 11 is 0. The van der Waals surface area contributed by atoms with Crippen LogP contribution in [0.25, 0.3) is 22.0 Å². The molecule has 0 spiro atoms. The molecule has 178 valence electrons. The predicted molar refractivity (Wildman–Crippen MR) is 136 cm³/mol. The summed E-state index contributed by atoms with van der Waals surface area (Å²) in [7, 11) is 0. The highest BCUT2D eigenvalue weighted by Crippen LogP contribution is 2.32. The number of H-pyrrole nitrogens is 1. The lowest BCUT2D eigenvalue weighted by Gasteiger charge is -2.19. The van der Waals surface area contributed by atoms with Crippen molar-refractivity contribution < 1.29 is 19.0 Å². The smallest absolute Gasteiger partial charge is 0.255 e. The van der Waals surface area contributed by atoms with Gasteiger partial charge in [0.1, 0.15) is 11.6 Å². The number of aromatic nitrogens is 1. The van der Waals surface area contributed by atoms with E-state index in [0.29, 0.717) is 28.8 Å². The van der Waals surface area contributed by atoms with Crippen LogP contribution >= 0.6 is 0 Å². The number of aliphatic hydroxyl groups is 1. The van der Waals surface area contributed by atoms with Gasteiger partial charge in [-0.15, -0.1) is 6.42 Å². The fraction of sp³-hybridized carbons (Fsp3) is 0.207. The van der Waals surface area contributed by atoms with Crippen LogP contribution in [0.5, 0.6) is 5.75 Å². The predicted octanol–water partition coefficient (Wildman–Crippen LogP) is 5.08. The van der Waals surface area contributed by atoms with Crippen molar-refractivity contribution >= 4 is 16.8 Å². The quantitative estimate of drug-likeness (QED) is 0.291. The lowest BCUT2D eigenvalue weighted by Crippen LogP contribution is -2.39. The second-order valence-electron chi connectivity index (χ2n) is 8.63. The van der Waals surface area contributed by atoms with Crippen LogP contribution in [0, 0.1) is 18.2 Å². The van der Waals surface area contributed by atoms with Crippen LogP contribution in [0.4, 0.5) is 4.39 Å². The number of fused-ring (bicyclic) bond motifs is 2. The maximum atomic E-state index is 13.4.